The molecule has 1 aliphatic carbocycles. The van der Waals surface area contributed by atoms with Gasteiger partial charge in [0.15, 0.2) is 0 Å². The maximum atomic E-state index is 13.4. The molecule has 2 aliphatic rings. The smallest absolute Gasteiger partial charge is 0.237 e. The number of nitrogens with zero attached hydrogens (tertiary/aromatic N) is 1. The van der Waals surface area contributed by atoms with E-state index in [9.17, 15) is 14.7 Å². The lowest BCUT2D eigenvalue weighted by atomic mass is 9.72. The highest BCUT2D eigenvalue weighted by Gasteiger charge is 2.41. The summed E-state index contributed by atoms with van der Waals surface area (Å²) in [6, 6.07) is 9.33. The van der Waals surface area contributed by atoms with Crippen molar-refractivity contribution in [3.05, 3.63) is 35.9 Å². The van der Waals surface area contributed by atoms with Gasteiger partial charge in [0.1, 0.15) is 0 Å². The maximum Gasteiger partial charge on any atom is 0.237 e. The van der Waals surface area contributed by atoms with E-state index >= 15 is 0 Å². The van der Waals surface area contributed by atoms with Crippen molar-refractivity contribution in [2.45, 2.75) is 110 Å². The summed E-state index contributed by atoms with van der Waals surface area (Å²) in [5.74, 6) is 1.16. The third-order valence-corrected chi connectivity index (χ3v) is 7.52. The van der Waals surface area contributed by atoms with Gasteiger partial charge in [-0.2, -0.15) is 0 Å². The zero-order chi connectivity index (χ0) is 26.5. The molecule has 3 rings (SSSR count). The SMILES string of the molecule is CC(C)(C)CC(=O)N[C@H](Cc1ccccc1)[C@H](O)CN1C[C@H]2CCCC[C@H]2C[C@H]1C(=O)NC(C)(C)C. The largest absolute Gasteiger partial charge is 0.390 e. The van der Waals surface area contributed by atoms with E-state index < -0.39 is 12.1 Å². The summed E-state index contributed by atoms with van der Waals surface area (Å²) in [7, 11) is 0. The van der Waals surface area contributed by atoms with Crippen molar-refractivity contribution in [3.63, 3.8) is 0 Å². The number of aliphatic hydroxyl groups excluding tert-OH is 1. The van der Waals surface area contributed by atoms with Gasteiger partial charge >= 0.3 is 0 Å². The predicted molar refractivity (Wildman–Crippen MR) is 145 cm³/mol. The van der Waals surface area contributed by atoms with Gasteiger partial charge in [0, 0.05) is 25.0 Å². The number of likely N-dealkylation sites (tertiary alicyclic amines) is 1. The van der Waals surface area contributed by atoms with Crippen LogP contribution in [0.25, 0.3) is 0 Å². The molecule has 202 valence electrons. The summed E-state index contributed by atoms with van der Waals surface area (Å²) in [6.07, 6.45) is 5.90. The lowest BCUT2D eigenvalue weighted by molar-refractivity contribution is -0.133. The van der Waals surface area contributed by atoms with Gasteiger partial charge in [-0.1, -0.05) is 70.4 Å². The quantitative estimate of drug-likeness (QED) is 0.498. The van der Waals surface area contributed by atoms with Crippen LogP contribution in [-0.2, 0) is 16.0 Å². The first-order valence-electron chi connectivity index (χ1n) is 13.9. The molecule has 1 saturated carbocycles. The van der Waals surface area contributed by atoms with Gasteiger partial charge in [-0.3, -0.25) is 14.5 Å². The summed E-state index contributed by atoms with van der Waals surface area (Å²) in [5, 5.41) is 17.8. The summed E-state index contributed by atoms with van der Waals surface area (Å²) < 4.78 is 0. The number of piperidine rings is 1. The summed E-state index contributed by atoms with van der Waals surface area (Å²) in [4.78, 5) is 28.4. The lowest BCUT2D eigenvalue weighted by Crippen LogP contribution is -2.60. The second-order valence-corrected chi connectivity index (χ2v) is 13.4. The molecule has 0 unspecified atom stereocenters. The van der Waals surface area contributed by atoms with E-state index in [1.165, 1.54) is 25.7 Å². The van der Waals surface area contributed by atoms with E-state index in [0.29, 0.717) is 31.2 Å². The van der Waals surface area contributed by atoms with Crippen LogP contribution in [0, 0.1) is 17.3 Å². The molecule has 1 saturated heterocycles. The molecule has 0 aromatic heterocycles. The monoisotopic (exact) mass is 499 g/mol. The zero-order valence-corrected chi connectivity index (χ0v) is 23.3. The van der Waals surface area contributed by atoms with Gasteiger partial charge in [0.2, 0.25) is 11.8 Å². The van der Waals surface area contributed by atoms with Crippen molar-refractivity contribution >= 4 is 11.8 Å². The van der Waals surface area contributed by atoms with Crippen molar-refractivity contribution in [1.82, 2.24) is 15.5 Å². The van der Waals surface area contributed by atoms with Crippen molar-refractivity contribution < 1.29 is 14.7 Å². The molecule has 0 bridgehead atoms. The third-order valence-electron chi connectivity index (χ3n) is 7.52. The van der Waals surface area contributed by atoms with Crippen LogP contribution in [0.5, 0.6) is 0 Å². The van der Waals surface area contributed by atoms with Crippen LogP contribution < -0.4 is 10.6 Å². The molecule has 1 aromatic rings. The fourth-order valence-corrected chi connectivity index (χ4v) is 5.89. The van der Waals surface area contributed by atoms with E-state index in [2.05, 4.69) is 15.5 Å². The van der Waals surface area contributed by atoms with Gasteiger partial charge in [-0.05, 0) is 62.8 Å². The number of carbonyl (C=O) groups is 2. The fraction of sp³-hybridized carbons (Fsp3) is 0.733. The standard InChI is InChI=1S/C30H49N3O3/c1-29(2,3)18-27(35)31-24(16-21-12-8-7-9-13-21)26(34)20-33-19-23-15-11-10-14-22(23)17-25(33)28(36)32-30(4,5)6/h7-9,12-13,22-26,34H,10-11,14-20H2,1-6H3,(H,31,35)(H,32,36)/t22-,23+,24+,25-,26+/m0/s1. The Morgan fingerprint density at radius 1 is 1.03 bits per heavy atom. The Balaban J connectivity index is 1.78. The molecule has 6 heteroatoms. The average Bonchev–Trinajstić information content (AvgIpc) is 2.76. The minimum absolute atomic E-state index is 0.0458. The molecule has 1 aromatic carbocycles. The number of β-amino-alcohol motifs (C(OH)–C–C–N with tert-alkyl or cyclic N) is 1. The van der Waals surface area contributed by atoms with E-state index in [4.69, 9.17) is 0 Å². The van der Waals surface area contributed by atoms with Gasteiger partial charge < -0.3 is 15.7 Å². The highest BCUT2D eigenvalue weighted by Crippen LogP contribution is 2.39. The van der Waals surface area contributed by atoms with E-state index in [0.717, 1.165) is 18.5 Å². The van der Waals surface area contributed by atoms with Gasteiger partial charge in [-0.15, -0.1) is 0 Å². The number of nitrogens with one attached hydrogen (secondary N) is 2. The minimum Gasteiger partial charge on any atom is -0.390 e. The molecule has 0 radical (unpaired) electrons. The van der Waals surface area contributed by atoms with Crippen molar-refractivity contribution in [3.8, 4) is 0 Å². The average molecular weight is 500 g/mol. The predicted octanol–water partition coefficient (Wildman–Crippen LogP) is 4.31. The molecule has 1 aliphatic heterocycles. The number of hydrogen-bond acceptors (Lipinski definition) is 4. The summed E-state index contributed by atoms with van der Waals surface area (Å²) >= 11 is 0. The van der Waals surface area contributed by atoms with Crippen LogP contribution in [-0.4, -0.2) is 58.6 Å². The number of aliphatic hydroxyl groups is 1. The number of hydrogen-bond donors (Lipinski definition) is 3. The first-order chi connectivity index (χ1) is 16.8. The van der Waals surface area contributed by atoms with Crippen molar-refractivity contribution in [2.75, 3.05) is 13.1 Å². The van der Waals surface area contributed by atoms with Crippen LogP contribution >= 0.6 is 0 Å². The first-order valence-corrected chi connectivity index (χ1v) is 13.9. The molecule has 2 amide bonds. The van der Waals surface area contributed by atoms with E-state index in [-0.39, 0.29) is 28.8 Å². The molecule has 5 atom stereocenters. The Labute approximate surface area is 218 Å². The Morgan fingerprint density at radius 2 is 1.67 bits per heavy atom. The molecule has 36 heavy (non-hydrogen) atoms. The normalized spacial score (nSPS) is 24.9. The second kappa shape index (κ2) is 12.1. The second-order valence-electron chi connectivity index (χ2n) is 13.4. The highest BCUT2D eigenvalue weighted by atomic mass is 16.3. The first kappa shape index (κ1) is 28.6. The van der Waals surface area contributed by atoms with Crippen molar-refractivity contribution in [1.29, 1.82) is 0 Å². The molecule has 6 nitrogen and oxygen atoms in total. The van der Waals surface area contributed by atoms with Gasteiger partial charge in [0.05, 0.1) is 18.2 Å². The zero-order valence-electron chi connectivity index (χ0n) is 23.3. The molecule has 1 heterocycles. The molecule has 3 N–H and O–H groups in total. The van der Waals surface area contributed by atoms with E-state index in [1.54, 1.807) is 0 Å². The Bertz CT molecular complexity index is 858. The van der Waals surface area contributed by atoms with Gasteiger partial charge in [-0.25, -0.2) is 0 Å². The molecule has 2 fully saturated rings. The van der Waals surface area contributed by atoms with Crippen LogP contribution in [0.4, 0.5) is 0 Å². The number of carbonyl (C=O) groups excluding carboxylic acids is 2. The molecule has 0 spiro atoms. The summed E-state index contributed by atoms with van der Waals surface area (Å²) in [5.41, 5.74) is 0.637. The summed E-state index contributed by atoms with van der Waals surface area (Å²) in [6.45, 7) is 13.4. The minimum atomic E-state index is -0.779. The Kier molecular flexibility index (Phi) is 9.62. The van der Waals surface area contributed by atoms with Gasteiger partial charge in [0.25, 0.3) is 0 Å². The maximum absolute atomic E-state index is 13.4. The van der Waals surface area contributed by atoms with Crippen LogP contribution in [0.2, 0.25) is 0 Å². The van der Waals surface area contributed by atoms with Crippen molar-refractivity contribution in [2.24, 2.45) is 17.3 Å². The number of fused-ring (bicyclic) bond motifs is 1. The van der Waals surface area contributed by atoms with Crippen LogP contribution in [0.3, 0.4) is 0 Å². The van der Waals surface area contributed by atoms with E-state index in [1.807, 2.05) is 71.9 Å². The topological polar surface area (TPSA) is 81.7 Å². The highest BCUT2D eigenvalue weighted by molar-refractivity contribution is 5.82. The Morgan fingerprint density at radius 3 is 2.28 bits per heavy atom. The molecular weight excluding hydrogens is 450 g/mol. The number of rotatable bonds is 8. The Hall–Kier alpha value is -1.92. The number of benzene rings is 1. The fourth-order valence-electron chi connectivity index (χ4n) is 5.89. The van der Waals surface area contributed by atoms with Crippen LogP contribution in [0.1, 0.15) is 85.6 Å². The third kappa shape index (κ3) is 8.88. The number of amides is 2. The van der Waals surface area contributed by atoms with Crippen LogP contribution in [0.15, 0.2) is 30.3 Å². The molecular formula is C30H49N3O3. The lowest BCUT2D eigenvalue weighted by Gasteiger charge is -2.47.